The van der Waals surface area contributed by atoms with E-state index in [1.807, 2.05) is 0 Å². The number of rotatable bonds is 2. The predicted molar refractivity (Wildman–Crippen MR) is 84.9 cm³/mol. The van der Waals surface area contributed by atoms with Gasteiger partial charge in [-0.3, -0.25) is 0 Å². The van der Waals surface area contributed by atoms with Gasteiger partial charge in [-0.2, -0.15) is 0 Å². The second-order valence-corrected chi connectivity index (χ2v) is 8.47. The van der Waals surface area contributed by atoms with Crippen LogP contribution in [0.25, 0.3) is 0 Å². The first kappa shape index (κ1) is 15.6. The van der Waals surface area contributed by atoms with Crippen molar-refractivity contribution in [3.05, 3.63) is 27.7 Å². The maximum absolute atomic E-state index is 6.03. The Morgan fingerprint density at radius 3 is 1.67 bits per heavy atom. The summed E-state index contributed by atoms with van der Waals surface area (Å²) in [6.45, 7) is 13.6. The van der Waals surface area contributed by atoms with Crippen molar-refractivity contribution in [1.82, 2.24) is 0 Å². The van der Waals surface area contributed by atoms with Crippen LogP contribution < -0.4 is 5.73 Å². The minimum absolute atomic E-state index is 0.285. The van der Waals surface area contributed by atoms with Gasteiger partial charge < -0.3 is 5.73 Å². The van der Waals surface area contributed by atoms with Gasteiger partial charge in [-0.25, -0.2) is 0 Å². The molecular weight excluding hydrogens is 286 g/mol. The molecule has 0 unspecified atom stereocenters. The third kappa shape index (κ3) is 5.01. The maximum Gasteiger partial charge on any atom is 0.0461 e. The average Bonchev–Trinajstić information content (AvgIpc) is 2.08. The molecule has 1 aromatic carbocycles. The minimum atomic E-state index is 0.285. The second kappa shape index (κ2) is 5.24. The second-order valence-electron chi connectivity index (χ2n) is 7.62. The SMILES string of the molecule is CC(C)(C)Cc1cc(N)c(Br)cc1CC(C)(C)C. The van der Waals surface area contributed by atoms with E-state index in [0.29, 0.717) is 5.41 Å². The monoisotopic (exact) mass is 311 g/mol. The average molecular weight is 312 g/mol. The van der Waals surface area contributed by atoms with Gasteiger partial charge in [-0.05, 0) is 62.9 Å². The summed E-state index contributed by atoms with van der Waals surface area (Å²) in [5, 5.41) is 0. The smallest absolute Gasteiger partial charge is 0.0461 e. The van der Waals surface area contributed by atoms with Crippen LogP contribution in [-0.4, -0.2) is 0 Å². The highest BCUT2D eigenvalue weighted by Crippen LogP contribution is 2.32. The lowest BCUT2D eigenvalue weighted by Gasteiger charge is -2.25. The van der Waals surface area contributed by atoms with Crippen LogP contribution in [0.1, 0.15) is 52.7 Å². The topological polar surface area (TPSA) is 26.0 Å². The lowest BCUT2D eigenvalue weighted by Crippen LogP contribution is -2.15. The van der Waals surface area contributed by atoms with Crippen LogP contribution in [0.15, 0.2) is 16.6 Å². The lowest BCUT2D eigenvalue weighted by molar-refractivity contribution is 0.392. The first-order valence-electron chi connectivity index (χ1n) is 6.55. The van der Waals surface area contributed by atoms with Gasteiger partial charge in [-0.15, -0.1) is 0 Å². The van der Waals surface area contributed by atoms with Crippen molar-refractivity contribution in [3.8, 4) is 0 Å². The van der Waals surface area contributed by atoms with Crippen LogP contribution in [0.3, 0.4) is 0 Å². The molecule has 0 aromatic heterocycles. The highest BCUT2D eigenvalue weighted by atomic mass is 79.9. The molecule has 0 bridgehead atoms. The molecule has 0 aliphatic rings. The zero-order chi connectivity index (χ0) is 14.1. The first-order valence-corrected chi connectivity index (χ1v) is 7.34. The number of hydrogen-bond acceptors (Lipinski definition) is 1. The van der Waals surface area contributed by atoms with Crippen molar-refractivity contribution in [1.29, 1.82) is 0 Å². The van der Waals surface area contributed by atoms with Crippen molar-refractivity contribution >= 4 is 21.6 Å². The lowest BCUT2D eigenvalue weighted by atomic mass is 9.81. The van der Waals surface area contributed by atoms with Crippen LogP contribution in [0.5, 0.6) is 0 Å². The molecule has 0 saturated carbocycles. The van der Waals surface area contributed by atoms with E-state index in [9.17, 15) is 0 Å². The molecule has 0 radical (unpaired) electrons. The number of benzene rings is 1. The molecule has 1 aromatic rings. The van der Waals surface area contributed by atoms with Gasteiger partial charge in [0.25, 0.3) is 0 Å². The van der Waals surface area contributed by atoms with Crippen molar-refractivity contribution in [2.45, 2.75) is 54.4 Å². The van der Waals surface area contributed by atoms with Gasteiger partial charge in [0.2, 0.25) is 0 Å². The summed E-state index contributed by atoms with van der Waals surface area (Å²) in [6.07, 6.45) is 2.15. The van der Waals surface area contributed by atoms with E-state index < -0.39 is 0 Å². The zero-order valence-corrected chi connectivity index (χ0v) is 14.1. The summed E-state index contributed by atoms with van der Waals surface area (Å²) in [5.74, 6) is 0. The van der Waals surface area contributed by atoms with Crippen molar-refractivity contribution in [2.24, 2.45) is 10.8 Å². The molecule has 0 fully saturated rings. The Kier molecular flexibility index (Phi) is 4.53. The van der Waals surface area contributed by atoms with Crippen molar-refractivity contribution in [2.75, 3.05) is 5.73 Å². The Morgan fingerprint density at radius 2 is 1.28 bits per heavy atom. The summed E-state index contributed by atoms with van der Waals surface area (Å²) >= 11 is 3.54. The molecule has 0 aliphatic heterocycles. The maximum atomic E-state index is 6.03. The number of anilines is 1. The van der Waals surface area contributed by atoms with Crippen molar-refractivity contribution < 1.29 is 0 Å². The third-order valence-electron chi connectivity index (χ3n) is 2.76. The standard InChI is InChI=1S/C16H26BrN/c1-15(2,3)9-11-7-13(17)14(18)8-12(11)10-16(4,5)6/h7-8H,9-10,18H2,1-6H3. The largest absolute Gasteiger partial charge is 0.398 e. The summed E-state index contributed by atoms with van der Waals surface area (Å²) in [7, 11) is 0. The van der Waals surface area contributed by atoms with Crippen LogP contribution in [0, 0.1) is 10.8 Å². The quantitative estimate of drug-likeness (QED) is 0.745. The van der Waals surface area contributed by atoms with Gasteiger partial charge in [0.05, 0.1) is 0 Å². The van der Waals surface area contributed by atoms with Crippen LogP contribution in [0.4, 0.5) is 5.69 Å². The summed E-state index contributed by atoms with van der Waals surface area (Å²) < 4.78 is 1.01. The predicted octanol–water partition coefficient (Wildman–Crippen LogP) is 5.21. The molecule has 0 spiro atoms. The fraction of sp³-hybridized carbons (Fsp3) is 0.625. The van der Waals surface area contributed by atoms with Gasteiger partial charge >= 0.3 is 0 Å². The van der Waals surface area contributed by atoms with E-state index in [0.717, 1.165) is 23.0 Å². The van der Waals surface area contributed by atoms with Gasteiger partial charge in [0.15, 0.2) is 0 Å². The van der Waals surface area contributed by atoms with E-state index in [-0.39, 0.29) is 5.41 Å². The molecule has 1 nitrogen and oxygen atoms in total. The van der Waals surface area contributed by atoms with E-state index in [1.165, 1.54) is 11.1 Å². The fourth-order valence-corrected chi connectivity index (χ4v) is 2.54. The zero-order valence-electron chi connectivity index (χ0n) is 12.5. The molecule has 0 amide bonds. The fourth-order valence-electron chi connectivity index (χ4n) is 2.15. The van der Waals surface area contributed by atoms with Gasteiger partial charge in [0, 0.05) is 10.2 Å². The first-order chi connectivity index (χ1) is 7.98. The Bertz CT molecular complexity index is 381. The van der Waals surface area contributed by atoms with E-state index in [2.05, 4.69) is 69.6 Å². The minimum Gasteiger partial charge on any atom is -0.398 e. The molecule has 18 heavy (non-hydrogen) atoms. The van der Waals surface area contributed by atoms with E-state index in [1.54, 1.807) is 0 Å². The van der Waals surface area contributed by atoms with Crippen LogP contribution in [-0.2, 0) is 12.8 Å². The molecule has 0 heterocycles. The number of nitrogens with two attached hydrogens (primary N) is 1. The Labute approximate surface area is 120 Å². The molecule has 0 saturated heterocycles. The Balaban J connectivity index is 3.17. The molecule has 2 heteroatoms. The van der Waals surface area contributed by atoms with Gasteiger partial charge in [-0.1, -0.05) is 41.5 Å². The molecule has 0 atom stereocenters. The van der Waals surface area contributed by atoms with Crippen LogP contribution in [0.2, 0.25) is 0 Å². The Hall–Kier alpha value is -0.500. The van der Waals surface area contributed by atoms with Crippen molar-refractivity contribution in [3.63, 3.8) is 0 Å². The molecule has 2 N–H and O–H groups in total. The normalized spacial score (nSPS) is 12.8. The van der Waals surface area contributed by atoms with E-state index >= 15 is 0 Å². The summed E-state index contributed by atoms with van der Waals surface area (Å²) in [4.78, 5) is 0. The number of hydrogen-bond donors (Lipinski definition) is 1. The molecular formula is C16H26BrN. The summed E-state index contributed by atoms with van der Waals surface area (Å²) in [6, 6.07) is 4.33. The summed E-state index contributed by atoms with van der Waals surface area (Å²) in [5.41, 5.74) is 10.2. The Morgan fingerprint density at radius 1 is 0.889 bits per heavy atom. The molecule has 0 aliphatic carbocycles. The molecule has 1 rings (SSSR count). The highest BCUT2D eigenvalue weighted by molar-refractivity contribution is 9.10. The highest BCUT2D eigenvalue weighted by Gasteiger charge is 2.19. The van der Waals surface area contributed by atoms with Gasteiger partial charge in [0.1, 0.15) is 0 Å². The number of halogens is 1. The van der Waals surface area contributed by atoms with E-state index in [4.69, 9.17) is 5.73 Å². The number of nitrogen functional groups attached to an aromatic ring is 1. The molecule has 102 valence electrons. The van der Waals surface area contributed by atoms with Crippen LogP contribution >= 0.6 is 15.9 Å². The third-order valence-corrected chi connectivity index (χ3v) is 3.45.